The average Bonchev–Trinajstić information content (AvgIpc) is 2.81. The summed E-state index contributed by atoms with van der Waals surface area (Å²) in [5, 5.41) is 0. The molecule has 3 rings (SSSR count). The minimum atomic E-state index is -0.320. The van der Waals surface area contributed by atoms with E-state index in [2.05, 4.69) is 62.4 Å². The number of fused-ring (bicyclic) bond motifs is 1. The Morgan fingerprint density at radius 1 is 1.14 bits per heavy atom. The molecule has 5 heteroatoms. The van der Waals surface area contributed by atoms with Gasteiger partial charge in [0.15, 0.2) is 0 Å². The maximum atomic E-state index is 6.13. The Morgan fingerprint density at radius 2 is 1.76 bits per heavy atom. The predicted molar refractivity (Wildman–Crippen MR) is 85.9 cm³/mol. The molecule has 1 aromatic carbocycles. The Kier molecular flexibility index (Phi) is 3.19. The molecular weight excluding hydrogens is 263 g/mol. The molecule has 0 N–H and O–H groups in total. The highest BCUT2D eigenvalue weighted by Gasteiger charge is 2.51. The molecule has 21 heavy (non-hydrogen) atoms. The molecule has 0 unspecified atom stereocenters. The van der Waals surface area contributed by atoms with Crippen LogP contribution < -0.4 is 5.46 Å². The van der Waals surface area contributed by atoms with E-state index in [1.54, 1.807) is 0 Å². The first-order valence-corrected chi connectivity index (χ1v) is 7.57. The zero-order valence-electron chi connectivity index (χ0n) is 13.7. The molecule has 0 spiro atoms. The van der Waals surface area contributed by atoms with Crippen LogP contribution in [0, 0.1) is 6.92 Å². The van der Waals surface area contributed by atoms with Gasteiger partial charge in [-0.15, -0.1) is 0 Å². The van der Waals surface area contributed by atoms with Crippen LogP contribution in [0.3, 0.4) is 0 Å². The largest absolute Gasteiger partial charge is 0.494 e. The summed E-state index contributed by atoms with van der Waals surface area (Å²) >= 11 is 0. The normalized spacial score (nSPS) is 20.4. The molecule has 2 aromatic rings. The van der Waals surface area contributed by atoms with E-state index < -0.39 is 0 Å². The third kappa shape index (κ3) is 2.19. The lowest BCUT2D eigenvalue weighted by atomic mass is 9.79. The first-order valence-electron chi connectivity index (χ1n) is 7.57. The lowest BCUT2D eigenvalue weighted by Gasteiger charge is -2.32. The van der Waals surface area contributed by atoms with E-state index in [0.29, 0.717) is 0 Å². The standard InChI is InChI=1S/C16H23BN2O2/c1-7-19-11(2)18-13-9-8-12(10-14(13)19)17-20-15(3,4)16(5,6)21-17/h8-10H,7H2,1-6H3. The van der Waals surface area contributed by atoms with Gasteiger partial charge in [-0.2, -0.15) is 0 Å². The predicted octanol–water partition coefficient (Wildman–Crippen LogP) is 2.66. The third-order valence-electron chi connectivity index (χ3n) is 4.80. The van der Waals surface area contributed by atoms with Crippen molar-refractivity contribution < 1.29 is 9.31 Å². The highest BCUT2D eigenvalue weighted by Crippen LogP contribution is 2.36. The number of imidazole rings is 1. The maximum Gasteiger partial charge on any atom is 0.494 e. The molecule has 1 aromatic heterocycles. The summed E-state index contributed by atoms with van der Waals surface area (Å²) in [6.45, 7) is 13.4. The first kappa shape index (κ1) is 14.6. The summed E-state index contributed by atoms with van der Waals surface area (Å²) in [5.41, 5.74) is 2.59. The molecule has 1 aliphatic rings. The summed E-state index contributed by atoms with van der Waals surface area (Å²) in [6, 6.07) is 6.24. The topological polar surface area (TPSA) is 36.3 Å². The average molecular weight is 286 g/mol. The van der Waals surface area contributed by atoms with Gasteiger partial charge in [-0.3, -0.25) is 0 Å². The molecule has 1 saturated heterocycles. The van der Waals surface area contributed by atoms with Gasteiger partial charge in [0, 0.05) is 6.54 Å². The Labute approximate surface area is 126 Å². The fourth-order valence-corrected chi connectivity index (χ4v) is 2.79. The third-order valence-corrected chi connectivity index (χ3v) is 4.80. The van der Waals surface area contributed by atoms with Gasteiger partial charge in [0.25, 0.3) is 0 Å². The number of benzene rings is 1. The van der Waals surface area contributed by atoms with Gasteiger partial charge in [-0.1, -0.05) is 6.07 Å². The van der Waals surface area contributed by atoms with Crippen molar-refractivity contribution in [1.29, 1.82) is 0 Å². The summed E-state index contributed by atoms with van der Waals surface area (Å²) in [7, 11) is -0.320. The van der Waals surface area contributed by atoms with Crippen molar-refractivity contribution in [3.63, 3.8) is 0 Å². The van der Waals surface area contributed by atoms with Gasteiger partial charge >= 0.3 is 7.12 Å². The number of aryl methyl sites for hydroxylation is 2. The first-order chi connectivity index (χ1) is 9.75. The molecule has 0 bridgehead atoms. The molecule has 112 valence electrons. The van der Waals surface area contributed by atoms with E-state index in [9.17, 15) is 0 Å². The van der Waals surface area contributed by atoms with Crippen molar-refractivity contribution >= 4 is 23.6 Å². The van der Waals surface area contributed by atoms with Crippen LogP contribution in [0.1, 0.15) is 40.4 Å². The SMILES string of the molecule is CCn1c(C)nc2ccc(B3OC(C)(C)C(C)(C)O3)cc21. The number of hydrogen-bond acceptors (Lipinski definition) is 3. The lowest BCUT2D eigenvalue weighted by Crippen LogP contribution is -2.41. The van der Waals surface area contributed by atoms with E-state index in [0.717, 1.165) is 28.9 Å². The number of hydrogen-bond donors (Lipinski definition) is 0. The minimum absolute atomic E-state index is 0.312. The zero-order valence-corrected chi connectivity index (χ0v) is 13.7. The molecule has 1 fully saturated rings. The van der Waals surface area contributed by atoms with E-state index in [1.807, 2.05) is 6.92 Å². The Bertz CT molecular complexity index is 675. The molecule has 4 nitrogen and oxygen atoms in total. The maximum absolute atomic E-state index is 6.13. The van der Waals surface area contributed by atoms with Crippen LogP contribution in [0.15, 0.2) is 18.2 Å². The van der Waals surface area contributed by atoms with Crippen LogP contribution in [-0.4, -0.2) is 27.9 Å². The summed E-state index contributed by atoms with van der Waals surface area (Å²) in [5.74, 6) is 1.04. The number of aromatic nitrogens is 2. The highest BCUT2D eigenvalue weighted by atomic mass is 16.7. The van der Waals surface area contributed by atoms with Crippen molar-refractivity contribution in [3.05, 3.63) is 24.0 Å². The van der Waals surface area contributed by atoms with Crippen molar-refractivity contribution in [2.75, 3.05) is 0 Å². The molecule has 1 aliphatic heterocycles. The van der Waals surface area contributed by atoms with Crippen LogP contribution in [0.5, 0.6) is 0 Å². The summed E-state index contributed by atoms with van der Waals surface area (Å²) in [4.78, 5) is 4.59. The van der Waals surface area contributed by atoms with E-state index >= 15 is 0 Å². The molecule has 0 radical (unpaired) electrons. The van der Waals surface area contributed by atoms with E-state index in [-0.39, 0.29) is 18.3 Å². The molecule has 0 amide bonds. The van der Waals surface area contributed by atoms with E-state index in [4.69, 9.17) is 9.31 Å². The van der Waals surface area contributed by atoms with Crippen molar-refractivity contribution in [2.45, 2.75) is 59.3 Å². The fourth-order valence-electron chi connectivity index (χ4n) is 2.79. The Morgan fingerprint density at radius 3 is 2.33 bits per heavy atom. The molecule has 2 heterocycles. The zero-order chi connectivity index (χ0) is 15.4. The van der Waals surface area contributed by atoms with Crippen molar-refractivity contribution in [1.82, 2.24) is 9.55 Å². The monoisotopic (exact) mass is 286 g/mol. The second-order valence-corrected chi connectivity index (χ2v) is 6.74. The number of nitrogens with zero attached hydrogens (tertiary/aromatic N) is 2. The fraction of sp³-hybridized carbons (Fsp3) is 0.562. The second kappa shape index (κ2) is 4.58. The van der Waals surface area contributed by atoms with Crippen molar-refractivity contribution in [2.24, 2.45) is 0 Å². The molecule has 0 aliphatic carbocycles. The van der Waals surface area contributed by atoms with Crippen LogP contribution in [-0.2, 0) is 15.9 Å². The van der Waals surface area contributed by atoms with Gasteiger partial charge in [0.2, 0.25) is 0 Å². The Balaban J connectivity index is 2.03. The highest BCUT2D eigenvalue weighted by molar-refractivity contribution is 6.62. The van der Waals surface area contributed by atoms with Crippen LogP contribution in [0.25, 0.3) is 11.0 Å². The van der Waals surface area contributed by atoms with Crippen LogP contribution in [0.2, 0.25) is 0 Å². The quantitative estimate of drug-likeness (QED) is 0.796. The Hall–Kier alpha value is -1.33. The van der Waals surface area contributed by atoms with Gasteiger partial charge in [-0.25, -0.2) is 4.98 Å². The van der Waals surface area contributed by atoms with Gasteiger partial charge < -0.3 is 13.9 Å². The smallest absolute Gasteiger partial charge is 0.399 e. The molecule has 0 atom stereocenters. The summed E-state index contributed by atoms with van der Waals surface area (Å²) in [6.07, 6.45) is 0. The summed E-state index contributed by atoms with van der Waals surface area (Å²) < 4.78 is 14.5. The minimum Gasteiger partial charge on any atom is -0.399 e. The van der Waals surface area contributed by atoms with Gasteiger partial charge in [0.05, 0.1) is 22.2 Å². The van der Waals surface area contributed by atoms with Crippen molar-refractivity contribution in [3.8, 4) is 0 Å². The van der Waals surface area contributed by atoms with Gasteiger partial charge in [0.1, 0.15) is 5.82 Å². The van der Waals surface area contributed by atoms with Gasteiger partial charge in [-0.05, 0) is 59.1 Å². The second-order valence-electron chi connectivity index (χ2n) is 6.74. The molecular formula is C16H23BN2O2. The number of rotatable bonds is 2. The molecule has 0 saturated carbocycles. The lowest BCUT2D eigenvalue weighted by molar-refractivity contribution is 0.00578. The van der Waals surface area contributed by atoms with Crippen LogP contribution >= 0.6 is 0 Å². The van der Waals surface area contributed by atoms with Crippen LogP contribution in [0.4, 0.5) is 0 Å². The van der Waals surface area contributed by atoms with E-state index in [1.165, 1.54) is 0 Å².